The second-order valence-corrected chi connectivity index (χ2v) is 5.54. The number of carboxylic acid groups (broad SMARTS) is 1. The Morgan fingerprint density at radius 2 is 2.10 bits per heavy atom. The van der Waals surface area contributed by atoms with Crippen LogP contribution in [0.3, 0.4) is 0 Å². The zero-order valence-corrected chi connectivity index (χ0v) is 12.2. The maximum Gasteiger partial charge on any atom is 0.306 e. The molecule has 1 aliphatic rings. The van der Waals surface area contributed by atoms with E-state index in [1.54, 1.807) is 6.92 Å². The Bertz CT molecular complexity index is 492. The number of amides is 1. The van der Waals surface area contributed by atoms with Gasteiger partial charge >= 0.3 is 5.97 Å². The van der Waals surface area contributed by atoms with Crippen LogP contribution < -0.4 is 5.32 Å². The number of carbonyl (C=O) groups is 2. The third-order valence-electron chi connectivity index (χ3n) is 3.72. The molecule has 0 spiro atoms. The monoisotopic (exact) mass is 291 g/mol. The average molecular weight is 291 g/mol. The van der Waals surface area contributed by atoms with Crippen molar-refractivity contribution in [2.45, 2.75) is 26.2 Å². The van der Waals surface area contributed by atoms with Crippen LogP contribution in [0.25, 0.3) is 0 Å². The lowest BCUT2D eigenvalue weighted by Gasteiger charge is -2.21. The van der Waals surface area contributed by atoms with Gasteiger partial charge in [0.1, 0.15) is 0 Å². The molecule has 2 rings (SSSR count). The lowest BCUT2D eigenvalue weighted by atomic mass is 10.0. The van der Waals surface area contributed by atoms with Crippen LogP contribution in [0.4, 0.5) is 5.69 Å². The fourth-order valence-corrected chi connectivity index (χ4v) is 2.36. The van der Waals surface area contributed by atoms with Crippen molar-refractivity contribution in [2.75, 3.05) is 18.5 Å². The van der Waals surface area contributed by atoms with E-state index >= 15 is 0 Å². The maximum atomic E-state index is 12.1. The van der Waals surface area contributed by atoms with Crippen molar-refractivity contribution in [3.05, 3.63) is 29.8 Å². The Morgan fingerprint density at radius 1 is 1.38 bits per heavy atom. The minimum Gasteiger partial charge on any atom is -0.481 e. The number of ether oxygens (including phenoxy) is 1. The molecule has 1 aliphatic heterocycles. The van der Waals surface area contributed by atoms with Crippen molar-refractivity contribution >= 4 is 17.6 Å². The highest BCUT2D eigenvalue weighted by Gasteiger charge is 2.21. The highest BCUT2D eigenvalue weighted by atomic mass is 16.5. The Kier molecular flexibility index (Phi) is 5.33. The van der Waals surface area contributed by atoms with Crippen molar-refractivity contribution in [3.8, 4) is 0 Å². The normalized spacial score (nSPS) is 19.8. The van der Waals surface area contributed by atoms with E-state index in [1.807, 2.05) is 24.3 Å². The van der Waals surface area contributed by atoms with Crippen LogP contribution >= 0.6 is 0 Å². The first kappa shape index (κ1) is 15.5. The van der Waals surface area contributed by atoms with Gasteiger partial charge in [-0.1, -0.05) is 19.1 Å². The van der Waals surface area contributed by atoms with Gasteiger partial charge in [-0.05, 0) is 37.0 Å². The summed E-state index contributed by atoms with van der Waals surface area (Å²) in [5.74, 6) is -1.30. The fourth-order valence-electron chi connectivity index (χ4n) is 2.36. The predicted molar refractivity (Wildman–Crippen MR) is 79.1 cm³/mol. The number of anilines is 1. The van der Waals surface area contributed by atoms with Gasteiger partial charge in [-0.2, -0.15) is 0 Å². The van der Waals surface area contributed by atoms with Crippen LogP contribution in [0, 0.1) is 11.8 Å². The number of nitrogens with one attached hydrogen (secondary N) is 1. The minimum absolute atomic E-state index is 0.0126. The Hall–Kier alpha value is -1.88. The van der Waals surface area contributed by atoms with E-state index in [2.05, 4.69) is 5.32 Å². The number of hydrogen-bond donors (Lipinski definition) is 2. The SMILES string of the molecule is CC(Cc1ccc(NC(=O)C2CCCOC2)cc1)C(=O)O. The molecular weight excluding hydrogens is 270 g/mol. The standard InChI is InChI=1S/C16H21NO4/c1-11(16(19)20)9-12-4-6-14(7-5-12)17-15(18)13-3-2-8-21-10-13/h4-7,11,13H,2-3,8-10H2,1H3,(H,17,18)(H,19,20). The molecule has 0 saturated carbocycles. The van der Waals surface area contributed by atoms with Crippen molar-refractivity contribution in [3.63, 3.8) is 0 Å². The molecule has 0 aliphatic carbocycles. The first-order chi connectivity index (χ1) is 10.1. The van der Waals surface area contributed by atoms with E-state index in [-0.39, 0.29) is 11.8 Å². The molecule has 2 atom stereocenters. The summed E-state index contributed by atoms with van der Waals surface area (Å²) in [5.41, 5.74) is 1.68. The molecule has 5 heteroatoms. The maximum absolute atomic E-state index is 12.1. The minimum atomic E-state index is -0.801. The zero-order valence-electron chi connectivity index (χ0n) is 12.2. The summed E-state index contributed by atoms with van der Waals surface area (Å²) in [7, 11) is 0. The molecule has 2 N–H and O–H groups in total. The topological polar surface area (TPSA) is 75.6 Å². The molecule has 0 radical (unpaired) electrons. The van der Waals surface area contributed by atoms with Gasteiger partial charge in [0.2, 0.25) is 5.91 Å². The Balaban J connectivity index is 1.89. The van der Waals surface area contributed by atoms with E-state index in [9.17, 15) is 9.59 Å². The summed E-state index contributed by atoms with van der Waals surface area (Å²) in [4.78, 5) is 22.9. The van der Waals surface area contributed by atoms with Crippen LogP contribution in [-0.4, -0.2) is 30.2 Å². The van der Waals surface area contributed by atoms with Gasteiger partial charge in [0.05, 0.1) is 18.4 Å². The van der Waals surface area contributed by atoms with Gasteiger partial charge in [0.15, 0.2) is 0 Å². The molecular formula is C16H21NO4. The van der Waals surface area contributed by atoms with Crippen molar-refractivity contribution in [2.24, 2.45) is 11.8 Å². The highest BCUT2D eigenvalue weighted by Crippen LogP contribution is 2.18. The molecule has 1 aromatic rings. The molecule has 1 amide bonds. The van der Waals surface area contributed by atoms with Crippen LogP contribution in [0.5, 0.6) is 0 Å². The summed E-state index contributed by atoms with van der Waals surface area (Å²) < 4.78 is 5.31. The van der Waals surface area contributed by atoms with Crippen LogP contribution in [-0.2, 0) is 20.7 Å². The lowest BCUT2D eigenvalue weighted by Crippen LogP contribution is -2.30. The lowest BCUT2D eigenvalue weighted by molar-refractivity contribution is -0.141. The summed E-state index contributed by atoms with van der Waals surface area (Å²) in [5, 5.41) is 11.8. The molecule has 5 nitrogen and oxygen atoms in total. The second-order valence-electron chi connectivity index (χ2n) is 5.54. The molecule has 1 saturated heterocycles. The van der Waals surface area contributed by atoms with Gasteiger partial charge in [-0.3, -0.25) is 9.59 Å². The van der Waals surface area contributed by atoms with Gasteiger partial charge in [0.25, 0.3) is 0 Å². The molecule has 0 bridgehead atoms. The van der Waals surface area contributed by atoms with E-state index in [4.69, 9.17) is 9.84 Å². The fraction of sp³-hybridized carbons (Fsp3) is 0.500. The molecule has 1 heterocycles. The third-order valence-corrected chi connectivity index (χ3v) is 3.72. The highest BCUT2D eigenvalue weighted by molar-refractivity contribution is 5.92. The van der Waals surface area contributed by atoms with Crippen molar-refractivity contribution in [1.82, 2.24) is 0 Å². The average Bonchev–Trinajstić information content (AvgIpc) is 2.50. The van der Waals surface area contributed by atoms with Crippen LogP contribution in [0.2, 0.25) is 0 Å². The van der Waals surface area contributed by atoms with E-state index in [0.29, 0.717) is 13.0 Å². The van der Waals surface area contributed by atoms with E-state index in [1.165, 1.54) is 0 Å². The largest absolute Gasteiger partial charge is 0.481 e. The molecule has 2 unspecified atom stereocenters. The molecule has 0 aromatic heterocycles. The zero-order chi connectivity index (χ0) is 15.2. The predicted octanol–water partition coefficient (Wildman–Crippen LogP) is 2.31. The molecule has 114 valence electrons. The number of rotatable bonds is 5. The van der Waals surface area contributed by atoms with Gasteiger partial charge in [-0.25, -0.2) is 0 Å². The number of benzene rings is 1. The summed E-state index contributed by atoms with van der Waals surface area (Å²) in [6, 6.07) is 7.33. The molecule has 1 fully saturated rings. The molecule has 1 aromatic carbocycles. The smallest absolute Gasteiger partial charge is 0.306 e. The van der Waals surface area contributed by atoms with Crippen LogP contribution in [0.1, 0.15) is 25.3 Å². The number of carboxylic acids is 1. The van der Waals surface area contributed by atoms with Gasteiger partial charge in [0, 0.05) is 12.3 Å². The first-order valence-electron chi connectivity index (χ1n) is 7.26. The van der Waals surface area contributed by atoms with E-state index in [0.717, 1.165) is 30.7 Å². The van der Waals surface area contributed by atoms with Gasteiger partial charge in [-0.15, -0.1) is 0 Å². The second kappa shape index (κ2) is 7.22. The first-order valence-corrected chi connectivity index (χ1v) is 7.26. The van der Waals surface area contributed by atoms with Crippen LogP contribution in [0.15, 0.2) is 24.3 Å². The Morgan fingerprint density at radius 3 is 2.67 bits per heavy atom. The number of aliphatic carboxylic acids is 1. The summed E-state index contributed by atoms with van der Waals surface area (Å²) in [6.07, 6.45) is 2.27. The summed E-state index contributed by atoms with van der Waals surface area (Å²) >= 11 is 0. The van der Waals surface area contributed by atoms with Crippen molar-refractivity contribution in [1.29, 1.82) is 0 Å². The summed E-state index contributed by atoms with van der Waals surface area (Å²) in [6.45, 7) is 2.90. The third kappa shape index (κ3) is 4.56. The van der Waals surface area contributed by atoms with E-state index < -0.39 is 11.9 Å². The quantitative estimate of drug-likeness (QED) is 0.873. The van der Waals surface area contributed by atoms with Crippen molar-refractivity contribution < 1.29 is 19.4 Å². The van der Waals surface area contributed by atoms with Gasteiger partial charge < -0.3 is 15.2 Å². The molecule has 21 heavy (non-hydrogen) atoms. The Labute approximate surface area is 124 Å². The number of carbonyl (C=O) groups excluding carboxylic acids is 1. The number of hydrogen-bond acceptors (Lipinski definition) is 3.